The van der Waals surface area contributed by atoms with Crippen LogP contribution in [0.5, 0.6) is 0 Å². The van der Waals surface area contributed by atoms with E-state index in [1.165, 1.54) is 25.7 Å². The predicted octanol–water partition coefficient (Wildman–Crippen LogP) is 2.53. The molecule has 0 saturated heterocycles. The van der Waals surface area contributed by atoms with Gasteiger partial charge < -0.3 is 5.73 Å². The molecular weight excluding hydrogens is 136 g/mol. The van der Waals surface area contributed by atoms with E-state index in [0.717, 1.165) is 6.42 Å². The van der Waals surface area contributed by atoms with E-state index in [-0.39, 0.29) is 5.92 Å². The van der Waals surface area contributed by atoms with E-state index in [2.05, 4.69) is 6.92 Å². The molecule has 0 spiro atoms. The molecule has 11 heavy (non-hydrogen) atoms. The molecular formula is C9H20N2. The first kappa shape index (κ1) is 10.5. The second-order valence-corrected chi connectivity index (χ2v) is 3.21. The Balaban J connectivity index is 3.17. The minimum absolute atomic E-state index is 0.284. The van der Waals surface area contributed by atoms with Gasteiger partial charge in [-0.25, -0.2) is 0 Å². The van der Waals surface area contributed by atoms with E-state index in [1.54, 1.807) is 0 Å². The maximum absolute atomic E-state index is 7.16. The zero-order chi connectivity index (χ0) is 8.69. The summed E-state index contributed by atoms with van der Waals surface area (Å²) in [5.41, 5.74) is 5.33. The Morgan fingerprint density at radius 2 is 2.00 bits per heavy atom. The number of hydrogen-bond donors (Lipinski definition) is 2. The second-order valence-electron chi connectivity index (χ2n) is 3.21. The average molecular weight is 156 g/mol. The Hall–Kier alpha value is -0.530. The highest BCUT2D eigenvalue weighted by atomic mass is 14.7. The van der Waals surface area contributed by atoms with Crippen LogP contribution in [0.4, 0.5) is 0 Å². The molecule has 0 heterocycles. The average Bonchev–Trinajstić information content (AvgIpc) is 1.97. The van der Waals surface area contributed by atoms with Gasteiger partial charge in [-0.15, -0.1) is 0 Å². The molecule has 0 fully saturated rings. The predicted molar refractivity (Wildman–Crippen MR) is 49.8 cm³/mol. The fourth-order valence-corrected chi connectivity index (χ4v) is 1.03. The molecule has 0 aliphatic carbocycles. The fourth-order valence-electron chi connectivity index (χ4n) is 1.03. The van der Waals surface area contributed by atoms with Gasteiger partial charge in [0.1, 0.15) is 0 Å². The third kappa shape index (κ3) is 5.89. The molecule has 0 radical (unpaired) electrons. The van der Waals surface area contributed by atoms with E-state index in [4.69, 9.17) is 11.1 Å². The van der Waals surface area contributed by atoms with Gasteiger partial charge in [0.2, 0.25) is 0 Å². The zero-order valence-corrected chi connectivity index (χ0v) is 7.69. The fraction of sp³-hybridized carbons (Fsp3) is 0.889. The first-order chi connectivity index (χ1) is 5.18. The highest BCUT2D eigenvalue weighted by Crippen LogP contribution is 2.09. The number of nitrogens with one attached hydrogen (secondary N) is 1. The molecule has 1 atom stereocenters. The minimum Gasteiger partial charge on any atom is -0.387 e. The summed E-state index contributed by atoms with van der Waals surface area (Å²) in [4.78, 5) is 0. The van der Waals surface area contributed by atoms with Crippen LogP contribution >= 0.6 is 0 Å². The van der Waals surface area contributed by atoms with Gasteiger partial charge in [-0.1, -0.05) is 39.5 Å². The lowest BCUT2D eigenvalue weighted by Gasteiger charge is -2.07. The van der Waals surface area contributed by atoms with Crippen molar-refractivity contribution in [2.45, 2.75) is 46.0 Å². The number of hydrogen-bond acceptors (Lipinski definition) is 1. The molecule has 0 aliphatic rings. The summed E-state index contributed by atoms with van der Waals surface area (Å²) in [5.74, 6) is 0.619. The van der Waals surface area contributed by atoms with E-state index in [0.29, 0.717) is 5.84 Å². The molecule has 0 amide bonds. The van der Waals surface area contributed by atoms with Crippen molar-refractivity contribution in [3.8, 4) is 0 Å². The van der Waals surface area contributed by atoms with Gasteiger partial charge in [-0.05, 0) is 6.42 Å². The maximum atomic E-state index is 7.16. The summed E-state index contributed by atoms with van der Waals surface area (Å²) in [6, 6.07) is 0. The molecule has 0 saturated carbocycles. The topological polar surface area (TPSA) is 49.9 Å². The quantitative estimate of drug-likeness (QED) is 0.346. The van der Waals surface area contributed by atoms with E-state index in [1.807, 2.05) is 6.92 Å². The molecule has 66 valence electrons. The molecule has 2 heteroatoms. The van der Waals surface area contributed by atoms with Gasteiger partial charge in [-0.3, -0.25) is 5.41 Å². The summed E-state index contributed by atoms with van der Waals surface area (Å²) in [6.45, 7) is 4.22. The van der Waals surface area contributed by atoms with Crippen molar-refractivity contribution in [2.75, 3.05) is 0 Å². The van der Waals surface area contributed by atoms with Gasteiger partial charge in [0, 0.05) is 5.92 Å². The highest BCUT2D eigenvalue weighted by molar-refractivity contribution is 5.79. The standard InChI is InChI=1S/C9H20N2/c1-3-4-5-6-7-8(2)9(10)11/h8H,3-7H2,1-2H3,(H3,10,11). The van der Waals surface area contributed by atoms with E-state index >= 15 is 0 Å². The number of rotatable bonds is 6. The first-order valence-corrected chi connectivity index (χ1v) is 4.52. The normalized spacial score (nSPS) is 12.9. The van der Waals surface area contributed by atoms with Gasteiger partial charge in [0.25, 0.3) is 0 Å². The van der Waals surface area contributed by atoms with Crippen LogP contribution < -0.4 is 5.73 Å². The van der Waals surface area contributed by atoms with Crippen LogP contribution in [0.2, 0.25) is 0 Å². The Morgan fingerprint density at radius 1 is 1.36 bits per heavy atom. The van der Waals surface area contributed by atoms with Crippen molar-refractivity contribution < 1.29 is 0 Å². The number of amidine groups is 1. The van der Waals surface area contributed by atoms with Crippen LogP contribution in [0.15, 0.2) is 0 Å². The lowest BCUT2D eigenvalue weighted by molar-refractivity contribution is 0.575. The third-order valence-electron chi connectivity index (χ3n) is 2.02. The van der Waals surface area contributed by atoms with Crippen molar-refractivity contribution in [2.24, 2.45) is 11.7 Å². The van der Waals surface area contributed by atoms with Crippen LogP contribution in [0.25, 0.3) is 0 Å². The lowest BCUT2D eigenvalue weighted by Crippen LogP contribution is -2.19. The monoisotopic (exact) mass is 156 g/mol. The van der Waals surface area contributed by atoms with Gasteiger partial charge in [-0.2, -0.15) is 0 Å². The zero-order valence-electron chi connectivity index (χ0n) is 7.69. The molecule has 0 aromatic carbocycles. The lowest BCUT2D eigenvalue weighted by atomic mass is 10.0. The van der Waals surface area contributed by atoms with Crippen molar-refractivity contribution in [1.29, 1.82) is 5.41 Å². The van der Waals surface area contributed by atoms with E-state index < -0.39 is 0 Å². The van der Waals surface area contributed by atoms with Crippen molar-refractivity contribution >= 4 is 5.84 Å². The Kier molecular flexibility index (Phi) is 5.90. The largest absolute Gasteiger partial charge is 0.387 e. The Labute approximate surface area is 69.7 Å². The number of unbranched alkanes of at least 4 members (excludes halogenated alkanes) is 3. The Morgan fingerprint density at radius 3 is 2.45 bits per heavy atom. The van der Waals surface area contributed by atoms with Gasteiger partial charge in [0.05, 0.1) is 5.84 Å². The van der Waals surface area contributed by atoms with Crippen LogP contribution in [-0.2, 0) is 0 Å². The summed E-state index contributed by atoms with van der Waals surface area (Å²) in [5, 5.41) is 7.16. The van der Waals surface area contributed by atoms with Crippen LogP contribution in [0.3, 0.4) is 0 Å². The second kappa shape index (κ2) is 6.20. The van der Waals surface area contributed by atoms with Crippen molar-refractivity contribution in [3.63, 3.8) is 0 Å². The Bertz CT molecular complexity index is 110. The summed E-state index contributed by atoms with van der Waals surface area (Å²) < 4.78 is 0. The van der Waals surface area contributed by atoms with Crippen LogP contribution in [0, 0.1) is 11.3 Å². The summed E-state index contributed by atoms with van der Waals surface area (Å²) >= 11 is 0. The summed E-state index contributed by atoms with van der Waals surface area (Å²) in [7, 11) is 0. The molecule has 0 rings (SSSR count). The van der Waals surface area contributed by atoms with Crippen molar-refractivity contribution in [1.82, 2.24) is 0 Å². The summed E-state index contributed by atoms with van der Waals surface area (Å²) in [6.07, 6.45) is 6.16. The molecule has 0 aromatic rings. The molecule has 2 nitrogen and oxygen atoms in total. The molecule has 0 aliphatic heterocycles. The molecule has 1 unspecified atom stereocenters. The third-order valence-corrected chi connectivity index (χ3v) is 2.02. The van der Waals surface area contributed by atoms with Gasteiger partial charge in [0.15, 0.2) is 0 Å². The number of nitrogens with two attached hydrogens (primary N) is 1. The minimum atomic E-state index is 0.284. The van der Waals surface area contributed by atoms with E-state index in [9.17, 15) is 0 Å². The van der Waals surface area contributed by atoms with Gasteiger partial charge >= 0.3 is 0 Å². The molecule has 0 bridgehead atoms. The van der Waals surface area contributed by atoms with Crippen LogP contribution in [-0.4, -0.2) is 5.84 Å². The van der Waals surface area contributed by atoms with Crippen molar-refractivity contribution in [3.05, 3.63) is 0 Å². The first-order valence-electron chi connectivity index (χ1n) is 4.52. The molecule has 0 aromatic heterocycles. The molecule has 3 N–H and O–H groups in total. The highest BCUT2D eigenvalue weighted by Gasteiger charge is 2.03. The van der Waals surface area contributed by atoms with Crippen LogP contribution in [0.1, 0.15) is 46.0 Å². The smallest absolute Gasteiger partial charge is 0.0934 e. The maximum Gasteiger partial charge on any atom is 0.0934 e. The SMILES string of the molecule is CCCCCCC(C)C(=N)N.